The van der Waals surface area contributed by atoms with Crippen LogP contribution in [0.1, 0.15) is 47.8 Å². The number of carbonyl (C=O) groups excluding carboxylic acids is 1. The highest BCUT2D eigenvalue weighted by molar-refractivity contribution is 7.09. The van der Waals surface area contributed by atoms with Gasteiger partial charge in [0, 0.05) is 30.1 Å². The second-order valence-electron chi connectivity index (χ2n) is 4.82. The number of H-pyrrole nitrogens is 1. The molecule has 2 N–H and O–H groups in total. The van der Waals surface area contributed by atoms with Crippen molar-refractivity contribution >= 4 is 17.2 Å². The van der Waals surface area contributed by atoms with Gasteiger partial charge in [0.1, 0.15) is 5.01 Å². The molecule has 0 aliphatic heterocycles. The summed E-state index contributed by atoms with van der Waals surface area (Å²) >= 11 is 1.57. The van der Waals surface area contributed by atoms with E-state index in [0.29, 0.717) is 12.8 Å². The maximum Gasteiger partial charge on any atom is 0.220 e. The van der Waals surface area contributed by atoms with Crippen LogP contribution < -0.4 is 5.32 Å². The molecule has 2 aromatic rings. The Bertz CT molecular complexity index is 562. The lowest BCUT2D eigenvalue weighted by Gasteiger charge is -2.14. The zero-order valence-electron chi connectivity index (χ0n) is 12.1. The monoisotopic (exact) mass is 292 g/mol. The van der Waals surface area contributed by atoms with E-state index in [2.05, 4.69) is 20.5 Å². The number of amides is 1. The molecule has 0 bridgehead atoms. The highest BCUT2D eigenvalue weighted by Crippen LogP contribution is 2.19. The summed E-state index contributed by atoms with van der Waals surface area (Å²) in [7, 11) is 0. The molecule has 0 aliphatic rings. The number of rotatable bonds is 6. The number of nitrogens with zero attached hydrogens (tertiary/aromatic N) is 2. The third kappa shape index (κ3) is 3.45. The molecule has 1 atom stereocenters. The van der Waals surface area contributed by atoms with Gasteiger partial charge >= 0.3 is 0 Å². The van der Waals surface area contributed by atoms with Gasteiger partial charge in [-0.15, -0.1) is 11.3 Å². The fourth-order valence-electron chi connectivity index (χ4n) is 2.02. The summed E-state index contributed by atoms with van der Waals surface area (Å²) in [5.74, 6) is 0.0482. The lowest BCUT2D eigenvalue weighted by Crippen LogP contribution is -2.28. The van der Waals surface area contributed by atoms with Gasteiger partial charge in [0.05, 0.1) is 11.7 Å². The van der Waals surface area contributed by atoms with Gasteiger partial charge in [-0.1, -0.05) is 6.92 Å². The molecule has 2 heterocycles. The topological polar surface area (TPSA) is 70.7 Å². The van der Waals surface area contributed by atoms with Crippen LogP contribution in [0, 0.1) is 13.8 Å². The molecule has 1 amide bonds. The van der Waals surface area contributed by atoms with Crippen LogP contribution in [0.15, 0.2) is 11.6 Å². The molecule has 0 spiro atoms. The van der Waals surface area contributed by atoms with Crippen LogP contribution in [0.2, 0.25) is 0 Å². The molecular weight excluding hydrogens is 272 g/mol. The van der Waals surface area contributed by atoms with Gasteiger partial charge in [0.25, 0.3) is 0 Å². The van der Waals surface area contributed by atoms with E-state index in [4.69, 9.17) is 0 Å². The van der Waals surface area contributed by atoms with Crippen LogP contribution in [0.25, 0.3) is 0 Å². The molecule has 0 aliphatic carbocycles. The average Bonchev–Trinajstić information content (AvgIpc) is 3.06. The minimum absolute atomic E-state index is 0.0181. The van der Waals surface area contributed by atoms with Gasteiger partial charge in [0.15, 0.2) is 0 Å². The van der Waals surface area contributed by atoms with Crippen LogP contribution in [0.3, 0.4) is 0 Å². The third-order valence-electron chi connectivity index (χ3n) is 3.44. The van der Waals surface area contributed by atoms with Crippen LogP contribution in [0.4, 0.5) is 0 Å². The Kier molecular flexibility index (Phi) is 4.89. The molecule has 2 rings (SSSR count). The standard InChI is InChI=1S/C14H20N4OS/c1-4-11(14-15-7-8-20-14)16-13(19)6-5-12-9(2)10(3)17-18-12/h7-8,11H,4-6H2,1-3H3,(H,16,19)(H,17,18)/t11-/m1/s1. The second kappa shape index (κ2) is 6.65. The van der Waals surface area contributed by atoms with E-state index in [1.54, 1.807) is 17.5 Å². The van der Waals surface area contributed by atoms with Gasteiger partial charge < -0.3 is 5.32 Å². The summed E-state index contributed by atoms with van der Waals surface area (Å²) in [6.45, 7) is 6.06. The van der Waals surface area contributed by atoms with Gasteiger partial charge in [-0.3, -0.25) is 9.89 Å². The highest BCUT2D eigenvalue weighted by atomic mass is 32.1. The zero-order valence-corrected chi connectivity index (χ0v) is 12.9. The number of nitrogens with one attached hydrogen (secondary N) is 2. The van der Waals surface area contributed by atoms with Crippen LogP contribution in [-0.4, -0.2) is 21.1 Å². The molecule has 108 valence electrons. The van der Waals surface area contributed by atoms with Crippen molar-refractivity contribution in [2.24, 2.45) is 0 Å². The van der Waals surface area contributed by atoms with E-state index < -0.39 is 0 Å². The van der Waals surface area contributed by atoms with Gasteiger partial charge in [-0.25, -0.2) is 4.98 Å². The predicted molar refractivity (Wildman–Crippen MR) is 79.7 cm³/mol. The van der Waals surface area contributed by atoms with E-state index in [1.165, 1.54) is 0 Å². The Labute approximate surface area is 122 Å². The van der Waals surface area contributed by atoms with Crippen molar-refractivity contribution in [2.45, 2.75) is 46.1 Å². The molecule has 6 heteroatoms. The Morgan fingerprint density at radius 1 is 1.50 bits per heavy atom. The molecule has 5 nitrogen and oxygen atoms in total. The molecule has 20 heavy (non-hydrogen) atoms. The Morgan fingerprint density at radius 2 is 2.30 bits per heavy atom. The molecule has 2 aromatic heterocycles. The van der Waals surface area contributed by atoms with Gasteiger partial charge in [0.2, 0.25) is 5.91 Å². The summed E-state index contributed by atoms with van der Waals surface area (Å²) < 4.78 is 0. The van der Waals surface area contributed by atoms with Gasteiger partial charge in [-0.05, 0) is 25.8 Å². The van der Waals surface area contributed by atoms with Crippen molar-refractivity contribution < 1.29 is 4.79 Å². The molecular formula is C14H20N4OS. The largest absolute Gasteiger partial charge is 0.347 e. The summed E-state index contributed by atoms with van der Waals surface area (Å²) in [4.78, 5) is 16.3. The first kappa shape index (κ1) is 14.7. The Balaban J connectivity index is 1.87. The SMILES string of the molecule is CC[C@@H](NC(=O)CCc1n[nH]c(C)c1C)c1nccs1. The smallest absolute Gasteiger partial charge is 0.220 e. The van der Waals surface area contributed by atoms with Crippen LogP contribution in [0.5, 0.6) is 0 Å². The maximum atomic E-state index is 12.0. The summed E-state index contributed by atoms with van der Waals surface area (Å²) in [5, 5.41) is 13.1. The Morgan fingerprint density at radius 3 is 2.85 bits per heavy atom. The van der Waals surface area contributed by atoms with Crippen molar-refractivity contribution in [3.05, 3.63) is 33.5 Å². The average molecular weight is 292 g/mol. The summed E-state index contributed by atoms with van der Waals surface area (Å²) in [5.41, 5.74) is 3.18. The zero-order chi connectivity index (χ0) is 14.5. The number of aromatic nitrogens is 3. The minimum atomic E-state index is 0.0181. The number of hydrogen-bond donors (Lipinski definition) is 2. The molecule has 0 radical (unpaired) electrons. The lowest BCUT2D eigenvalue weighted by atomic mass is 10.1. The van der Waals surface area contributed by atoms with Crippen molar-refractivity contribution in [3.63, 3.8) is 0 Å². The number of carbonyl (C=O) groups is 1. The van der Waals surface area contributed by atoms with E-state index in [1.807, 2.05) is 26.2 Å². The van der Waals surface area contributed by atoms with E-state index >= 15 is 0 Å². The van der Waals surface area contributed by atoms with Crippen molar-refractivity contribution in [1.29, 1.82) is 0 Å². The maximum absolute atomic E-state index is 12.0. The first-order chi connectivity index (χ1) is 9.61. The van der Waals surface area contributed by atoms with E-state index in [0.717, 1.165) is 28.4 Å². The molecule has 0 unspecified atom stereocenters. The summed E-state index contributed by atoms with van der Waals surface area (Å²) in [6.07, 6.45) is 3.73. The van der Waals surface area contributed by atoms with E-state index in [-0.39, 0.29) is 11.9 Å². The molecule has 0 saturated heterocycles. The Hall–Kier alpha value is -1.69. The van der Waals surface area contributed by atoms with Crippen LogP contribution in [-0.2, 0) is 11.2 Å². The van der Waals surface area contributed by atoms with Crippen molar-refractivity contribution in [2.75, 3.05) is 0 Å². The minimum Gasteiger partial charge on any atom is -0.347 e. The number of hydrogen-bond acceptors (Lipinski definition) is 4. The molecule has 0 aromatic carbocycles. The first-order valence-corrected chi connectivity index (χ1v) is 7.69. The quantitative estimate of drug-likeness (QED) is 0.860. The van der Waals surface area contributed by atoms with E-state index in [9.17, 15) is 4.79 Å². The van der Waals surface area contributed by atoms with Crippen LogP contribution >= 0.6 is 11.3 Å². The van der Waals surface area contributed by atoms with Crippen molar-refractivity contribution in [1.82, 2.24) is 20.5 Å². The second-order valence-corrected chi connectivity index (χ2v) is 5.75. The third-order valence-corrected chi connectivity index (χ3v) is 4.33. The number of aryl methyl sites for hydroxylation is 2. The van der Waals surface area contributed by atoms with Crippen molar-refractivity contribution in [3.8, 4) is 0 Å². The fraction of sp³-hybridized carbons (Fsp3) is 0.500. The number of thiazole rings is 1. The summed E-state index contributed by atoms with van der Waals surface area (Å²) in [6, 6.07) is 0.0181. The predicted octanol–water partition coefficient (Wildman–Crippen LogP) is 2.68. The number of aromatic amines is 1. The fourth-order valence-corrected chi connectivity index (χ4v) is 2.80. The first-order valence-electron chi connectivity index (χ1n) is 6.81. The normalized spacial score (nSPS) is 12.3. The lowest BCUT2D eigenvalue weighted by molar-refractivity contribution is -0.121. The molecule has 0 saturated carbocycles. The van der Waals surface area contributed by atoms with Gasteiger partial charge in [-0.2, -0.15) is 5.10 Å². The molecule has 0 fully saturated rings. The highest BCUT2D eigenvalue weighted by Gasteiger charge is 2.15.